The summed E-state index contributed by atoms with van der Waals surface area (Å²) in [6.45, 7) is 0.112. The van der Waals surface area contributed by atoms with Crippen molar-refractivity contribution in [2.24, 2.45) is 0 Å². The fourth-order valence-electron chi connectivity index (χ4n) is 1.54. The van der Waals surface area contributed by atoms with E-state index in [0.29, 0.717) is 31.5 Å². The van der Waals surface area contributed by atoms with Crippen molar-refractivity contribution in [3.05, 3.63) is 56.2 Å². The highest BCUT2D eigenvalue weighted by Gasteiger charge is 2.10. The van der Waals surface area contributed by atoms with E-state index in [0.717, 1.165) is 0 Å². The lowest BCUT2D eigenvalue weighted by Crippen LogP contribution is -2.00. The quantitative estimate of drug-likeness (QED) is 0.773. The lowest BCUT2D eigenvalue weighted by molar-refractivity contribution is 0.305. The minimum atomic E-state index is -0.369. The fraction of sp³-hybridized carbons (Fsp3) is 0.0769. The van der Waals surface area contributed by atoms with Crippen molar-refractivity contribution in [1.82, 2.24) is 0 Å². The predicted molar refractivity (Wildman–Crippen MR) is 79.3 cm³/mol. The molecule has 2 rings (SSSR count). The minimum Gasteiger partial charge on any atom is -0.485 e. The summed E-state index contributed by atoms with van der Waals surface area (Å²) in [4.78, 5) is 0. The highest BCUT2D eigenvalue weighted by Crippen LogP contribution is 2.35. The predicted octanol–water partition coefficient (Wildman–Crippen LogP) is 5.06. The molecule has 2 N–H and O–H groups in total. The zero-order valence-corrected chi connectivity index (χ0v) is 12.7. The van der Waals surface area contributed by atoms with Gasteiger partial charge in [0, 0.05) is 15.6 Å². The Morgan fingerprint density at radius 3 is 2.63 bits per heavy atom. The molecule has 0 aliphatic carbocycles. The first-order chi connectivity index (χ1) is 8.97. The number of nitrogens with two attached hydrogens (primary N) is 1. The van der Waals surface area contributed by atoms with E-state index in [1.807, 2.05) is 0 Å². The standard InChI is InChI=1S/C13H9BrCl2FNO/c14-10-4-8(15)5-12(18)13(10)19-6-7-3-9(17)1-2-11(7)16/h1-5H,6,18H2. The number of halogens is 4. The van der Waals surface area contributed by atoms with E-state index in [2.05, 4.69) is 15.9 Å². The summed E-state index contributed by atoms with van der Waals surface area (Å²) in [6.07, 6.45) is 0. The maximum atomic E-state index is 13.1. The van der Waals surface area contributed by atoms with Crippen molar-refractivity contribution in [1.29, 1.82) is 0 Å². The van der Waals surface area contributed by atoms with Crippen LogP contribution in [-0.4, -0.2) is 0 Å². The first-order valence-electron chi connectivity index (χ1n) is 5.28. The lowest BCUT2D eigenvalue weighted by atomic mass is 10.2. The van der Waals surface area contributed by atoms with Gasteiger partial charge in [0.1, 0.15) is 12.4 Å². The van der Waals surface area contributed by atoms with Gasteiger partial charge in [-0.25, -0.2) is 4.39 Å². The van der Waals surface area contributed by atoms with Gasteiger partial charge in [0.05, 0.1) is 10.2 Å². The average molecular weight is 365 g/mol. The van der Waals surface area contributed by atoms with Crippen molar-refractivity contribution in [2.75, 3.05) is 5.73 Å². The Morgan fingerprint density at radius 2 is 1.95 bits per heavy atom. The minimum absolute atomic E-state index is 0.112. The molecule has 0 saturated heterocycles. The van der Waals surface area contributed by atoms with Crippen molar-refractivity contribution < 1.29 is 9.13 Å². The van der Waals surface area contributed by atoms with Gasteiger partial charge in [-0.1, -0.05) is 23.2 Å². The van der Waals surface area contributed by atoms with Crippen molar-refractivity contribution in [2.45, 2.75) is 6.61 Å². The van der Waals surface area contributed by atoms with Gasteiger partial charge in [0.25, 0.3) is 0 Å². The second kappa shape index (κ2) is 5.99. The van der Waals surface area contributed by atoms with Crippen molar-refractivity contribution >= 4 is 44.8 Å². The molecule has 2 aromatic rings. The van der Waals surface area contributed by atoms with Gasteiger partial charge in [-0.3, -0.25) is 0 Å². The van der Waals surface area contributed by atoms with Gasteiger partial charge in [-0.15, -0.1) is 0 Å². The van der Waals surface area contributed by atoms with E-state index in [9.17, 15) is 4.39 Å². The number of hydrogen-bond acceptors (Lipinski definition) is 2. The first-order valence-corrected chi connectivity index (χ1v) is 6.83. The summed E-state index contributed by atoms with van der Waals surface area (Å²) in [7, 11) is 0. The van der Waals surface area contributed by atoms with Crippen molar-refractivity contribution in [3.63, 3.8) is 0 Å². The molecule has 0 aromatic heterocycles. The molecule has 0 aliphatic rings. The van der Waals surface area contributed by atoms with E-state index in [4.69, 9.17) is 33.7 Å². The molecule has 0 amide bonds. The number of rotatable bonds is 3. The summed E-state index contributed by atoms with van der Waals surface area (Å²) >= 11 is 15.1. The zero-order chi connectivity index (χ0) is 14.0. The molecule has 0 unspecified atom stereocenters. The summed E-state index contributed by atoms with van der Waals surface area (Å²) in [5.74, 6) is 0.0795. The molecule has 0 aliphatic heterocycles. The van der Waals surface area contributed by atoms with E-state index in [1.165, 1.54) is 18.2 Å². The molecule has 0 spiro atoms. The van der Waals surface area contributed by atoms with Crippen LogP contribution in [-0.2, 0) is 6.61 Å². The molecule has 0 radical (unpaired) electrons. The van der Waals surface area contributed by atoms with Crippen LogP contribution in [0.25, 0.3) is 0 Å². The van der Waals surface area contributed by atoms with Gasteiger partial charge >= 0.3 is 0 Å². The first kappa shape index (κ1) is 14.4. The topological polar surface area (TPSA) is 35.2 Å². The summed E-state index contributed by atoms with van der Waals surface area (Å²) in [6, 6.07) is 7.34. The zero-order valence-electron chi connectivity index (χ0n) is 9.59. The molecule has 0 saturated carbocycles. The van der Waals surface area contributed by atoms with E-state index in [1.54, 1.807) is 12.1 Å². The van der Waals surface area contributed by atoms with Gasteiger partial charge < -0.3 is 10.5 Å². The van der Waals surface area contributed by atoms with Crippen LogP contribution >= 0.6 is 39.1 Å². The highest BCUT2D eigenvalue weighted by atomic mass is 79.9. The smallest absolute Gasteiger partial charge is 0.156 e. The lowest BCUT2D eigenvalue weighted by Gasteiger charge is -2.12. The second-order valence-electron chi connectivity index (χ2n) is 3.83. The van der Waals surface area contributed by atoms with Crippen LogP contribution < -0.4 is 10.5 Å². The summed E-state index contributed by atoms with van der Waals surface area (Å²) in [5.41, 5.74) is 6.75. The molecule has 0 bridgehead atoms. The number of anilines is 1. The van der Waals surface area contributed by atoms with E-state index < -0.39 is 0 Å². The van der Waals surface area contributed by atoms with Crippen LogP contribution in [0.3, 0.4) is 0 Å². The highest BCUT2D eigenvalue weighted by molar-refractivity contribution is 9.10. The van der Waals surface area contributed by atoms with Crippen molar-refractivity contribution in [3.8, 4) is 5.75 Å². The summed E-state index contributed by atoms with van der Waals surface area (Å²) < 4.78 is 19.3. The third-order valence-corrected chi connectivity index (χ3v) is 3.59. The number of benzene rings is 2. The molecular formula is C13H9BrCl2FNO. The Labute approximate surface area is 128 Å². The third kappa shape index (κ3) is 3.53. The average Bonchev–Trinajstić information content (AvgIpc) is 2.32. The number of hydrogen-bond donors (Lipinski definition) is 1. The Hall–Kier alpha value is -0.970. The Balaban J connectivity index is 2.21. The van der Waals surface area contributed by atoms with Gasteiger partial charge in [-0.05, 0) is 46.3 Å². The SMILES string of the molecule is Nc1cc(Cl)cc(Br)c1OCc1cc(F)ccc1Cl. The number of nitrogen functional groups attached to an aromatic ring is 1. The molecule has 2 nitrogen and oxygen atoms in total. The fourth-order valence-corrected chi connectivity index (χ4v) is 2.66. The van der Waals surface area contributed by atoms with Gasteiger partial charge in [-0.2, -0.15) is 0 Å². The molecule has 2 aromatic carbocycles. The van der Waals surface area contributed by atoms with Crippen LogP contribution in [0.4, 0.5) is 10.1 Å². The maximum absolute atomic E-state index is 13.1. The maximum Gasteiger partial charge on any atom is 0.156 e. The molecule has 0 atom stereocenters. The Morgan fingerprint density at radius 1 is 1.21 bits per heavy atom. The van der Waals surface area contributed by atoms with Crippen LogP contribution in [0.2, 0.25) is 10.0 Å². The van der Waals surface area contributed by atoms with Crippen LogP contribution in [0.1, 0.15) is 5.56 Å². The molecule has 0 heterocycles. The van der Waals surface area contributed by atoms with Crippen LogP contribution in [0.5, 0.6) is 5.75 Å². The second-order valence-corrected chi connectivity index (χ2v) is 5.53. The molecule has 0 fully saturated rings. The largest absolute Gasteiger partial charge is 0.485 e. The molecule has 100 valence electrons. The molecule has 6 heteroatoms. The molecular weight excluding hydrogens is 356 g/mol. The summed E-state index contributed by atoms with van der Waals surface area (Å²) in [5, 5.41) is 0.936. The number of ether oxygens (including phenoxy) is 1. The van der Waals surface area contributed by atoms with E-state index in [-0.39, 0.29) is 12.4 Å². The Kier molecular flexibility index (Phi) is 4.55. The normalized spacial score (nSPS) is 10.5. The van der Waals surface area contributed by atoms with Crippen LogP contribution in [0, 0.1) is 5.82 Å². The van der Waals surface area contributed by atoms with E-state index >= 15 is 0 Å². The Bertz CT molecular complexity index is 599. The monoisotopic (exact) mass is 363 g/mol. The van der Waals surface area contributed by atoms with Gasteiger partial charge in [0.2, 0.25) is 0 Å². The molecule has 19 heavy (non-hydrogen) atoms. The van der Waals surface area contributed by atoms with Gasteiger partial charge in [0.15, 0.2) is 5.75 Å². The van der Waals surface area contributed by atoms with Crippen LogP contribution in [0.15, 0.2) is 34.8 Å². The third-order valence-electron chi connectivity index (χ3n) is 2.42.